The van der Waals surface area contributed by atoms with E-state index in [1.165, 1.54) is 32.4 Å². The fourth-order valence-corrected chi connectivity index (χ4v) is 1.40. The SMILES string of the molecule is COc1cc(OC)c(C(F)F)cc1CN=C=O. The molecule has 4 nitrogen and oxygen atoms in total. The van der Waals surface area contributed by atoms with Gasteiger partial charge in [0, 0.05) is 11.6 Å². The second-order valence-corrected chi connectivity index (χ2v) is 3.11. The Hall–Kier alpha value is -1.94. The van der Waals surface area contributed by atoms with E-state index in [4.69, 9.17) is 9.47 Å². The summed E-state index contributed by atoms with van der Waals surface area (Å²) in [7, 11) is 2.69. The van der Waals surface area contributed by atoms with Crippen molar-refractivity contribution in [1.29, 1.82) is 0 Å². The van der Waals surface area contributed by atoms with Gasteiger partial charge in [0.2, 0.25) is 6.08 Å². The Kier molecular flexibility index (Phi) is 4.60. The molecular weight excluding hydrogens is 232 g/mol. The number of rotatable bonds is 5. The van der Waals surface area contributed by atoms with E-state index in [1.807, 2.05) is 0 Å². The van der Waals surface area contributed by atoms with Crippen LogP contribution in [0.3, 0.4) is 0 Å². The minimum atomic E-state index is -2.67. The fraction of sp³-hybridized carbons (Fsp3) is 0.364. The molecule has 0 N–H and O–H groups in total. The summed E-state index contributed by atoms with van der Waals surface area (Å²) < 4.78 is 35.3. The predicted octanol–water partition coefficient (Wildman–Crippen LogP) is 2.48. The van der Waals surface area contributed by atoms with Gasteiger partial charge in [-0.15, -0.1) is 0 Å². The number of benzene rings is 1. The van der Waals surface area contributed by atoms with E-state index in [0.717, 1.165) is 0 Å². The molecule has 0 radical (unpaired) electrons. The van der Waals surface area contributed by atoms with Crippen LogP contribution < -0.4 is 9.47 Å². The zero-order chi connectivity index (χ0) is 12.8. The smallest absolute Gasteiger partial charge is 0.267 e. The molecule has 0 saturated heterocycles. The molecule has 0 heterocycles. The highest BCUT2D eigenvalue weighted by Gasteiger charge is 2.17. The molecule has 0 aliphatic heterocycles. The maximum absolute atomic E-state index is 12.7. The Bertz CT molecular complexity index is 443. The molecule has 92 valence electrons. The molecule has 6 heteroatoms. The van der Waals surface area contributed by atoms with Crippen molar-refractivity contribution in [1.82, 2.24) is 0 Å². The zero-order valence-electron chi connectivity index (χ0n) is 9.37. The summed E-state index contributed by atoms with van der Waals surface area (Å²) in [5, 5.41) is 0. The predicted molar refractivity (Wildman–Crippen MR) is 56.3 cm³/mol. The van der Waals surface area contributed by atoms with Crippen LogP contribution in [-0.2, 0) is 11.3 Å². The lowest BCUT2D eigenvalue weighted by Crippen LogP contribution is -1.98. The summed E-state index contributed by atoms with van der Waals surface area (Å²) in [5.41, 5.74) is 0.122. The van der Waals surface area contributed by atoms with Gasteiger partial charge in [0.05, 0.1) is 26.3 Å². The van der Waals surface area contributed by atoms with Gasteiger partial charge in [0.15, 0.2) is 0 Å². The van der Waals surface area contributed by atoms with Crippen molar-refractivity contribution in [2.75, 3.05) is 14.2 Å². The van der Waals surface area contributed by atoms with Crippen LogP contribution in [-0.4, -0.2) is 20.3 Å². The van der Waals surface area contributed by atoms with Crippen LogP contribution in [0.15, 0.2) is 17.1 Å². The van der Waals surface area contributed by atoms with Crippen LogP contribution in [0.5, 0.6) is 11.5 Å². The van der Waals surface area contributed by atoms with E-state index in [2.05, 4.69) is 4.99 Å². The average Bonchev–Trinajstić information content (AvgIpc) is 2.34. The zero-order valence-corrected chi connectivity index (χ0v) is 9.37. The molecule has 0 atom stereocenters. The molecule has 1 aromatic rings. The lowest BCUT2D eigenvalue weighted by Gasteiger charge is -2.13. The standard InChI is InChI=1S/C11H11F2NO3/c1-16-9-4-10(17-2)8(11(12)13)3-7(9)5-14-6-15/h3-4,11H,5H2,1-2H3. The summed E-state index contributed by atoms with van der Waals surface area (Å²) in [6.07, 6.45) is -1.33. The number of ether oxygens (including phenoxy) is 2. The molecule has 17 heavy (non-hydrogen) atoms. The second kappa shape index (κ2) is 5.96. The van der Waals surface area contributed by atoms with Gasteiger partial charge in [-0.1, -0.05) is 0 Å². The van der Waals surface area contributed by atoms with Gasteiger partial charge in [0.1, 0.15) is 11.5 Å². The minimum absolute atomic E-state index is 0.0377. The van der Waals surface area contributed by atoms with Gasteiger partial charge in [-0.05, 0) is 6.07 Å². The normalized spacial score (nSPS) is 9.94. The monoisotopic (exact) mass is 243 g/mol. The van der Waals surface area contributed by atoms with Gasteiger partial charge in [-0.2, -0.15) is 0 Å². The van der Waals surface area contributed by atoms with Crippen molar-refractivity contribution in [3.05, 3.63) is 23.3 Å². The third kappa shape index (κ3) is 3.01. The average molecular weight is 243 g/mol. The highest BCUT2D eigenvalue weighted by Crippen LogP contribution is 2.35. The number of hydrogen-bond acceptors (Lipinski definition) is 4. The summed E-state index contributed by atoms with van der Waals surface area (Å²) in [6.45, 7) is -0.0591. The quantitative estimate of drug-likeness (QED) is 0.589. The van der Waals surface area contributed by atoms with Gasteiger partial charge in [-0.25, -0.2) is 18.6 Å². The lowest BCUT2D eigenvalue weighted by molar-refractivity contribution is 0.147. The van der Waals surface area contributed by atoms with E-state index >= 15 is 0 Å². The third-order valence-electron chi connectivity index (χ3n) is 2.18. The molecule has 0 aliphatic carbocycles. The maximum atomic E-state index is 12.7. The fourth-order valence-electron chi connectivity index (χ4n) is 1.40. The summed E-state index contributed by atoms with van der Waals surface area (Å²) in [5.74, 6) is 0.376. The van der Waals surface area contributed by atoms with Crippen LogP contribution in [0.2, 0.25) is 0 Å². The molecule has 1 rings (SSSR count). The maximum Gasteiger partial charge on any atom is 0.267 e. The highest BCUT2D eigenvalue weighted by molar-refractivity contribution is 5.48. The first-order valence-electron chi connectivity index (χ1n) is 4.70. The minimum Gasteiger partial charge on any atom is -0.496 e. The molecule has 0 bridgehead atoms. The van der Waals surface area contributed by atoms with Crippen LogP contribution in [0.1, 0.15) is 17.6 Å². The van der Waals surface area contributed by atoms with Crippen molar-refractivity contribution in [3.63, 3.8) is 0 Å². The Labute approximate surface area is 96.9 Å². The molecule has 0 aromatic heterocycles. The topological polar surface area (TPSA) is 47.9 Å². The first-order valence-corrected chi connectivity index (χ1v) is 4.70. The third-order valence-corrected chi connectivity index (χ3v) is 2.18. The second-order valence-electron chi connectivity index (χ2n) is 3.11. The van der Waals surface area contributed by atoms with E-state index in [0.29, 0.717) is 11.3 Å². The summed E-state index contributed by atoms with van der Waals surface area (Å²) in [6, 6.07) is 2.56. The molecular formula is C11H11F2NO3. The van der Waals surface area contributed by atoms with E-state index in [9.17, 15) is 13.6 Å². The molecule has 0 spiro atoms. The van der Waals surface area contributed by atoms with Crippen LogP contribution >= 0.6 is 0 Å². The van der Waals surface area contributed by atoms with Gasteiger partial charge in [0.25, 0.3) is 6.43 Å². The number of hydrogen-bond donors (Lipinski definition) is 0. The number of nitrogens with zero attached hydrogens (tertiary/aromatic N) is 1. The Balaban J connectivity index is 3.27. The molecule has 0 fully saturated rings. The number of alkyl halides is 2. The number of methoxy groups -OCH3 is 2. The van der Waals surface area contributed by atoms with Gasteiger partial charge in [-0.3, -0.25) is 0 Å². The molecule has 0 unspecified atom stereocenters. The number of halogens is 2. The van der Waals surface area contributed by atoms with Gasteiger partial charge < -0.3 is 9.47 Å². The van der Waals surface area contributed by atoms with Crippen LogP contribution in [0.25, 0.3) is 0 Å². The van der Waals surface area contributed by atoms with Gasteiger partial charge >= 0.3 is 0 Å². The molecule has 0 amide bonds. The number of aliphatic imine (C=N–C) groups is 1. The first kappa shape index (κ1) is 13.1. The molecule has 0 saturated carbocycles. The van der Waals surface area contributed by atoms with Crippen molar-refractivity contribution >= 4 is 6.08 Å². The van der Waals surface area contributed by atoms with Crippen molar-refractivity contribution in [2.45, 2.75) is 13.0 Å². The number of isocyanates is 1. The van der Waals surface area contributed by atoms with E-state index < -0.39 is 6.43 Å². The van der Waals surface area contributed by atoms with Crippen molar-refractivity contribution in [3.8, 4) is 11.5 Å². The van der Waals surface area contributed by atoms with E-state index in [-0.39, 0.29) is 17.9 Å². The van der Waals surface area contributed by atoms with Crippen molar-refractivity contribution < 1.29 is 23.0 Å². The number of carbonyl (C=O) groups excluding carboxylic acids is 1. The summed E-state index contributed by atoms with van der Waals surface area (Å²) >= 11 is 0. The Morgan fingerprint density at radius 2 is 1.94 bits per heavy atom. The van der Waals surface area contributed by atoms with E-state index in [1.54, 1.807) is 0 Å². The Morgan fingerprint density at radius 3 is 2.41 bits per heavy atom. The highest BCUT2D eigenvalue weighted by atomic mass is 19.3. The Morgan fingerprint density at radius 1 is 1.29 bits per heavy atom. The van der Waals surface area contributed by atoms with Crippen molar-refractivity contribution in [2.24, 2.45) is 4.99 Å². The molecule has 0 aliphatic rings. The molecule has 1 aromatic carbocycles. The van der Waals surface area contributed by atoms with Crippen LogP contribution in [0.4, 0.5) is 8.78 Å². The first-order chi connectivity index (χ1) is 8.13. The lowest BCUT2D eigenvalue weighted by atomic mass is 10.1. The largest absolute Gasteiger partial charge is 0.496 e. The summed E-state index contributed by atoms with van der Waals surface area (Å²) in [4.78, 5) is 13.3. The van der Waals surface area contributed by atoms with Crippen LogP contribution in [0, 0.1) is 0 Å².